The van der Waals surface area contributed by atoms with E-state index in [1.165, 1.54) is 17.0 Å². The first-order valence-corrected chi connectivity index (χ1v) is 12.2. The molecule has 1 atom stereocenters. The first kappa shape index (κ1) is 30.8. The number of benzene rings is 1. The largest absolute Gasteiger partial charge is 0.481 e. The van der Waals surface area contributed by atoms with Crippen LogP contribution in [0.1, 0.15) is 64.1 Å². The van der Waals surface area contributed by atoms with Crippen LogP contribution >= 0.6 is 0 Å². The number of nitrogens with zero attached hydrogens (tertiary/aromatic N) is 2. The molecule has 1 heterocycles. The van der Waals surface area contributed by atoms with Gasteiger partial charge in [0.1, 0.15) is 0 Å². The summed E-state index contributed by atoms with van der Waals surface area (Å²) in [7, 11) is 1.85. The van der Waals surface area contributed by atoms with Gasteiger partial charge < -0.3 is 20.2 Å². The normalized spacial score (nSPS) is 15.7. The SMILES string of the molecule is C/C=C(/C=C\C=C(/C)NC)CCCN1CCN(C(CC(=O)O)c2cccc(C(F)(F)F)c2)C1=O.CC. The molecule has 36 heavy (non-hydrogen) atoms. The molecule has 1 aromatic rings. The third-order valence-electron chi connectivity index (χ3n) is 5.79. The Hall–Kier alpha value is -3.23. The zero-order chi connectivity index (χ0) is 27.3. The molecule has 1 aliphatic heterocycles. The zero-order valence-electron chi connectivity index (χ0n) is 21.7. The van der Waals surface area contributed by atoms with Crippen molar-refractivity contribution in [2.75, 3.05) is 26.7 Å². The van der Waals surface area contributed by atoms with Crippen molar-refractivity contribution in [2.24, 2.45) is 0 Å². The number of carboxylic acid groups (broad SMARTS) is 1. The van der Waals surface area contributed by atoms with Crippen molar-refractivity contribution in [1.29, 1.82) is 0 Å². The van der Waals surface area contributed by atoms with Crippen LogP contribution in [0, 0.1) is 0 Å². The Kier molecular flexibility index (Phi) is 12.8. The van der Waals surface area contributed by atoms with Crippen LogP contribution in [0.25, 0.3) is 0 Å². The van der Waals surface area contributed by atoms with Crippen LogP contribution < -0.4 is 5.32 Å². The molecule has 1 unspecified atom stereocenters. The number of hydrogen-bond donors (Lipinski definition) is 2. The maximum atomic E-state index is 13.2. The number of carbonyl (C=O) groups excluding carboxylic acids is 1. The summed E-state index contributed by atoms with van der Waals surface area (Å²) in [5, 5.41) is 12.4. The topological polar surface area (TPSA) is 72.9 Å². The van der Waals surface area contributed by atoms with E-state index in [-0.39, 0.29) is 18.1 Å². The predicted octanol–water partition coefficient (Wildman–Crippen LogP) is 6.39. The standard InChI is InChI=1S/C25H32F3N3O3.C2H6/c1-4-19(9-5-8-18(2)29-3)10-7-13-30-14-15-31(24(30)34)22(17-23(32)33)20-11-6-12-21(16-20)25(26,27)28;1-2/h4-6,8-9,11-12,16,22,29H,7,10,13-15,17H2,1-3H3,(H,32,33);1-2H3/b9-5-,18-8+,19-4-;. The lowest BCUT2D eigenvalue weighted by Gasteiger charge is -2.28. The van der Waals surface area contributed by atoms with Crippen LogP contribution in [0.4, 0.5) is 18.0 Å². The smallest absolute Gasteiger partial charge is 0.416 e. The van der Waals surface area contributed by atoms with Crippen molar-refractivity contribution < 1.29 is 27.9 Å². The fraction of sp³-hybridized carbons (Fsp3) is 0.481. The van der Waals surface area contributed by atoms with Gasteiger partial charge in [-0.1, -0.05) is 49.8 Å². The number of rotatable bonds is 11. The van der Waals surface area contributed by atoms with Crippen LogP contribution in [-0.2, 0) is 11.0 Å². The van der Waals surface area contributed by atoms with Crippen LogP contribution in [0.15, 0.2) is 59.8 Å². The Morgan fingerprint density at radius 3 is 2.53 bits per heavy atom. The average Bonchev–Trinajstić information content (AvgIpc) is 3.21. The van der Waals surface area contributed by atoms with Gasteiger partial charge in [-0.15, -0.1) is 0 Å². The van der Waals surface area contributed by atoms with Gasteiger partial charge in [-0.05, 0) is 50.5 Å². The number of carboxylic acids is 1. The molecule has 0 radical (unpaired) electrons. The van der Waals surface area contributed by atoms with Gasteiger partial charge >= 0.3 is 18.2 Å². The lowest BCUT2D eigenvalue weighted by Crippen LogP contribution is -2.36. The van der Waals surface area contributed by atoms with Crippen LogP contribution in [-0.4, -0.2) is 53.6 Å². The lowest BCUT2D eigenvalue weighted by molar-refractivity contribution is -0.138. The maximum Gasteiger partial charge on any atom is 0.416 e. The molecule has 0 aliphatic carbocycles. The highest BCUT2D eigenvalue weighted by atomic mass is 19.4. The van der Waals surface area contributed by atoms with Gasteiger partial charge in [0, 0.05) is 32.4 Å². The average molecular weight is 510 g/mol. The third-order valence-corrected chi connectivity index (χ3v) is 5.79. The molecule has 1 aromatic carbocycles. The molecule has 1 fully saturated rings. The molecule has 2 N–H and O–H groups in total. The first-order valence-electron chi connectivity index (χ1n) is 12.2. The highest BCUT2D eigenvalue weighted by Crippen LogP contribution is 2.34. The minimum absolute atomic E-state index is 0.165. The van der Waals surface area contributed by atoms with Crippen LogP contribution in [0.2, 0.25) is 0 Å². The molecular formula is C27H38F3N3O3. The summed E-state index contributed by atoms with van der Waals surface area (Å²) in [6, 6.07) is 3.22. The molecule has 1 aliphatic rings. The minimum Gasteiger partial charge on any atom is -0.481 e. The van der Waals surface area contributed by atoms with E-state index in [1.807, 2.05) is 59.0 Å². The molecule has 0 bridgehead atoms. The maximum absolute atomic E-state index is 13.2. The number of carbonyl (C=O) groups is 2. The second-order valence-electron chi connectivity index (χ2n) is 8.13. The third kappa shape index (κ3) is 9.43. The summed E-state index contributed by atoms with van der Waals surface area (Å²) < 4.78 is 39.5. The Labute approximate surface area is 212 Å². The van der Waals surface area contributed by atoms with E-state index in [0.29, 0.717) is 19.5 Å². The molecule has 0 saturated carbocycles. The predicted molar refractivity (Wildman–Crippen MR) is 136 cm³/mol. The summed E-state index contributed by atoms with van der Waals surface area (Å²) >= 11 is 0. The molecule has 1 saturated heterocycles. The molecule has 2 amide bonds. The number of urea groups is 1. The van der Waals surface area contributed by atoms with Gasteiger partial charge in [0.25, 0.3) is 0 Å². The van der Waals surface area contributed by atoms with E-state index in [0.717, 1.165) is 29.8 Å². The Morgan fingerprint density at radius 2 is 1.94 bits per heavy atom. The van der Waals surface area contributed by atoms with Gasteiger partial charge in [-0.3, -0.25) is 4.79 Å². The molecule has 0 spiro atoms. The highest BCUT2D eigenvalue weighted by Gasteiger charge is 2.37. The van der Waals surface area contributed by atoms with E-state index in [4.69, 9.17) is 0 Å². The fourth-order valence-electron chi connectivity index (χ4n) is 3.79. The van der Waals surface area contributed by atoms with Crippen molar-refractivity contribution in [3.63, 3.8) is 0 Å². The Bertz CT molecular complexity index is 955. The van der Waals surface area contributed by atoms with E-state index in [2.05, 4.69) is 5.32 Å². The van der Waals surface area contributed by atoms with Crippen molar-refractivity contribution >= 4 is 12.0 Å². The lowest BCUT2D eigenvalue weighted by atomic mass is 10.00. The minimum atomic E-state index is -4.55. The summed E-state index contributed by atoms with van der Waals surface area (Å²) in [6.07, 6.45) is 4.39. The molecular weight excluding hydrogens is 471 g/mol. The van der Waals surface area contributed by atoms with E-state index in [1.54, 1.807) is 4.90 Å². The van der Waals surface area contributed by atoms with Gasteiger partial charge in [-0.25, -0.2) is 4.79 Å². The fourth-order valence-corrected chi connectivity index (χ4v) is 3.79. The first-order chi connectivity index (χ1) is 17.1. The van der Waals surface area contributed by atoms with E-state index in [9.17, 15) is 27.9 Å². The quantitative estimate of drug-likeness (QED) is 0.339. The zero-order valence-corrected chi connectivity index (χ0v) is 21.7. The van der Waals surface area contributed by atoms with Crippen molar-refractivity contribution in [3.8, 4) is 0 Å². The van der Waals surface area contributed by atoms with Crippen LogP contribution in [0.3, 0.4) is 0 Å². The number of nitrogens with one attached hydrogen (secondary N) is 1. The van der Waals surface area contributed by atoms with Crippen molar-refractivity contribution in [1.82, 2.24) is 15.1 Å². The Morgan fingerprint density at radius 1 is 1.25 bits per heavy atom. The van der Waals surface area contributed by atoms with Crippen molar-refractivity contribution in [2.45, 2.75) is 59.2 Å². The van der Waals surface area contributed by atoms with Gasteiger partial charge in [-0.2, -0.15) is 13.2 Å². The van der Waals surface area contributed by atoms with Crippen molar-refractivity contribution in [3.05, 3.63) is 71.0 Å². The summed E-state index contributed by atoms with van der Waals surface area (Å²) in [5.74, 6) is -1.18. The number of aliphatic carboxylic acids is 1. The van der Waals surface area contributed by atoms with E-state index < -0.39 is 30.2 Å². The number of allylic oxidation sites excluding steroid dienone is 6. The van der Waals surface area contributed by atoms with E-state index >= 15 is 0 Å². The number of amides is 2. The second kappa shape index (κ2) is 15.0. The van der Waals surface area contributed by atoms with Gasteiger partial charge in [0.05, 0.1) is 18.0 Å². The summed E-state index contributed by atoms with van der Waals surface area (Å²) in [5.41, 5.74) is 1.46. The highest BCUT2D eigenvalue weighted by molar-refractivity contribution is 5.78. The number of alkyl halides is 3. The molecule has 9 heteroatoms. The monoisotopic (exact) mass is 509 g/mol. The number of hydrogen-bond acceptors (Lipinski definition) is 3. The molecule has 0 aromatic heterocycles. The summed E-state index contributed by atoms with van der Waals surface area (Å²) in [4.78, 5) is 27.4. The molecule has 6 nitrogen and oxygen atoms in total. The second-order valence-corrected chi connectivity index (χ2v) is 8.13. The number of halogens is 3. The Balaban J connectivity index is 0.00000316. The van der Waals surface area contributed by atoms with Gasteiger partial charge in [0.15, 0.2) is 0 Å². The molecule has 200 valence electrons. The van der Waals surface area contributed by atoms with Gasteiger partial charge in [0.2, 0.25) is 0 Å². The molecule has 2 rings (SSSR count). The summed E-state index contributed by atoms with van der Waals surface area (Å²) in [6.45, 7) is 9.05. The van der Waals surface area contributed by atoms with Crippen LogP contribution in [0.5, 0.6) is 0 Å².